The molecule has 4 nitrogen and oxygen atoms in total. The van der Waals surface area contributed by atoms with Crippen LogP contribution in [0.4, 0.5) is 0 Å². The standard InChI is InChI=1S/C8H15NO3/c1-6(7(11)12)4-9-8(2,3)5-10/h9-10H,1,4-5H2,2-3H3,(H,11,12). The van der Waals surface area contributed by atoms with Gasteiger partial charge in [-0.05, 0) is 13.8 Å². The minimum absolute atomic E-state index is 0.0418. The second-order valence-electron chi connectivity index (χ2n) is 3.30. The molecule has 0 spiro atoms. The summed E-state index contributed by atoms with van der Waals surface area (Å²) in [5.41, 5.74) is -0.366. The van der Waals surface area contributed by atoms with E-state index in [1.807, 2.05) is 0 Å². The molecule has 12 heavy (non-hydrogen) atoms. The number of aliphatic carboxylic acids is 1. The minimum Gasteiger partial charge on any atom is -0.478 e. The monoisotopic (exact) mass is 173 g/mol. The van der Waals surface area contributed by atoms with Crippen molar-refractivity contribution in [2.24, 2.45) is 0 Å². The largest absolute Gasteiger partial charge is 0.478 e. The SMILES string of the molecule is C=C(CNC(C)(C)CO)C(=O)O. The van der Waals surface area contributed by atoms with Crippen molar-refractivity contribution in [3.8, 4) is 0 Å². The lowest BCUT2D eigenvalue weighted by Gasteiger charge is -2.23. The maximum atomic E-state index is 10.3. The van der Waals surface area contributed by atoms with E-state index in [-0.39, 0.29) is 18.7 Å². The summed E-state index contributed by atoms with van der Waals surface area (Å²) >= 11 is 0. The Labute approximate surface area is 71.9 Å². The van der Waals surface area contributed by atoms with E-state index in [1.54, 1.807) is 13.8 Å². The number of nitrogens with one attached hydrogen (secondary N) is 1. The van der Waals surface area contributed by atoms with E-state index >= 15 is 0 Å². The first-order valence-electron chi connectivity index (χ1n) is 3.66. The van der Waals surface area contributed by atoms with Gasteiger partial charge in [0.05, 0.1) is 6.61 Å². The first kappa shape index (κ1) is 11.1. The molecule has 0 heterocycles. The van der Waals surface area contributed by atoms with Crippen LogP contribution in [-0.2, 0) is 4.79 Å². The van der Waals surface area contributed by atoms with E-state index in [9.17, 15) is 4.79 Å². The maximum absolute atomic E-state index is 10.3. The fourth-order valence-corrected chi connectivity index (χ4v) is 0.477. The van der Waals surface area contributed by atoms with Gasteiger partial charge < -0.3 is 15.5 Å². The number of hydrogen-bond donors (Lipinski definition) is 3. The second-order valence-corrected chi connectivity index (χ2v) is 3.30. The summed E-state index contributed by atoms with van der Waals surface area (Å²) in [6, 6.07) is 0. The Morgan fingerprint density at radius 2 is 2.08 bits per heavy atom. The van der Waals surface area contributed by atoms with Crippen LogP contribution < -0.4 is 5.32 Å². The van der Waals surface area contributed by atoms with Crippen molar-refractivity contribution < 1.29 is 15.0 Å². The number of hydrogen-bond acceptors (Lipinski definition) is 3. The number of aliphatic hydroxyl groups is 1. The van der Waals surface area contributed by atoms with Gasteiger partial charge in [-0.15, -0.1) is 0 Å². The number of aliphatic hydroxyl groups excluding tert-OH is 1. The summed E-state index contributed by atoms with van der Waals surface area (Å²) < 4.78 is 0. The van der Waals surface area contributed by atoms with Gasteiger partial charge in [0.2, 0.25) is 0 Å². The highest BCUT2D eigenvalue weighted by Crippen LogP contribution is 2.00. The third kappa shape index (κ3) is 4.10. The molecule has 0 radical (unpaired) electrons. The molecule has 0 aromatic carbocycles. The van der Waals surface area contributed by atoms with Crippen molar-refractivity contribution in [3.63, 3.8) is 0 Å². The first-order valence-corrected chi connectivity index (χ1v) is 3.66. The summed E-state index contributed by atoms with van der Waals surface area (Å²) in [4.78, 5) is 10.3. The molecular formula is C8H15NO3. The third-order valence-corrected chi connectivity index (χ3v) is 1.48. The number of carbonyl (C=O) groups is 1. The lowest BCUT2D eigenvalue weighted by atomic mass is 10.1. The third-order valence-electron chi connectivity index (χ3n) is 1.48. The molecule has 0 rings (SSSR count). The van der Waals surface area contributed by atoms with Gasteiger partial charge in [0, 0.05) is 17.7 Å². The molecule has 0 atom stereocenters. The van der Waals surface area contributed by atoms with E-state index in [2.05, 4.69) is 11.9 Å². The van der Waals surface area contributed by atoms with Crippen LogP contribution in [0.25, 0.3) is 0 Å². The van der Waals surface area contributed by atoms with Crippen LogP contribution in [0.3, 0.4) is 0 Å². The molecule has 0 unspecified atom stereocenters. The molecule has 0 aliphatic heterocycles. The van der Waals surface area contributed by atoms with Crippen LogP contribution >= 0.6 is 0 Å². The van der Waals surface area contributed by atoms with Crippen LogP contribution in [0.2, 0.25) is 0 Å². The van der Waals surface area contributed by atoms with Crippen LogP contribution in [0.5, 0.6) is 0 Å². The highest BCUT2D eigenvalue weighted by molar-refractivity contribution is 5.86. The Hall–Kier alpha value is -0.870. The van der Waals surface area contributed by atoms with Gasteiger partial charge in [-0.3, -0.25) is 0 Å². The average Bonchev–Trinajstić information content (AvgIpc) is 2.00. The zero-order valence-electron chi connectivity index (χ0n) is 7.42. The molecular weight excluding hydrogens is 158 g/mol. The van der Waals surface area contributed by atoms with Crippen molar-refractivity contribution in [2.75, 3.05) is 13.2 Å². The smallest absolute Gasteiger partial charge is 0.332 e. The first-order chi connectivity index (χ1) is 5.39. The van der Waals surface area contributed by atoms with Gasteiger partial charge in [-0.1, -0.05) is 6.58 Å². The summed E-state index contributed by atoms with van der Waals surface area (Å²) in [7, 11) is 0. The van der Waals surface area contributed by atoms with Crippen molar-refractivity contribution in [2.45, 2.75) is 19.4 Å². The molecule has 0 aliphatic rings. The van der Waals surface area contributed by atoms with E-state index < -0.39 is 11.5 Å². The molecule has 0 aliphatic carbocycles. The Morgan fingerprint density at radius 3 is 2.42 bits per heavy atom. The van der Waals surface area contributed by atoms with Crippen LogP contribution in [0.15, 0.2) is 12.2 Å². The summed E-state index contributed by atoms with van der Waals surface area (Å²) in [6.07, 6.45) is 0. The zero-order valence-corrected chi connectivity index (χ0v) is 7.42. The minimum atomic E-state index is -1.02. The summed E-state index contributed by atoms with van der Waals surface area (Å²) in [6.45, 7) is 7.05. The van der Waals surface area contributed by atoms with Gasteiger partial charge in [-0.2, -0.15) is 0 Å². The topological polar surface area (TPSA) is 69.6 Å². The number of rotatable bonds is 5. The Morgan fingerprint density at radius 1 is 1.58 bits per heavy atom. The van der Waals surface area contributed by atoms with E-state index in [0.717, 1.165) is 0 Å². The van der Waals surface area contributed by atoms with E-state index in [0.29, 0.717) is 0 Å². The molecule has 0 aromatic rings. The molecule has 0 bridgehead atoms. The normalized spacial score (nSPS) is 11.2. The molecule has 70 valence electrons. The van der Waals surface area contributed by atoms with Crippen molar-refractivity contribution in [3.05, 3.63) is 12.2 Å². The van der Waals surface area contributed by atoms with Gasteiger partial charge in [0.25, 0.3) is 0 Å². The van der Waals surface area contributed by atoms with E-state index in [4.69, 9.17) is 10.2 Å². The number of carboxylic acid groups (broad SMARTS) is 1. The summed E-state index contributed by atoms with van der Waals surface area (Å²) in [5.74, 6) is -1.02. The lowest BCUT2D eigenvalue weighted by Crippen LogP contribution is -2.44. The quantitative estimate of drug-likeness (QED) is 0.511. The average molecular weight is 173 g/mol. The molecule has 0 aromatic heterocycles. The van der Waals surface area contributed by atoms with Crippen molar-refractivity contribution in [1.29, 1.82) is 0 Å². The Balaban J connectivity index is 3.83. The highest BCUT2D eigenvalue weighted by atomic mass is 16.4. The van der Waals surface area contributed by atoms with Crippen molar-refractivity contribution in [1.82, 2.24) is 5.32 Å². The molecule has 3 N–H and O–H groups in total. The van der Waals surface area contributed by atoms with Gasteiger partial charge in [-0.25, -0.2) is 4.79 Å². The Kier molecular flexibility index (Phi) is 3.92. The molecule has 0 saturated heterocycles. The van der Waals surface area contributed by atoms with Crippen LogP contribution in [-0.4, -0.2) is 34.9 Å². The van der Waals surface area contributed by atoms with Crippen molar-refractivity contribution >= 4 is 5.97 Å². The summed E-state index contributed by atoms with van der Waals surface area (Å²) in [5, 5.41) is 20.1. The fraction of sp³-hybridized carbons (Fsp3) is 0.625. The maximum Gasteiger partial charge on any atom is 0.332 e. The molecule has 4 heteroatoms. The Bertz CT molecular complexity index is 187. The van der Waals surface area contributed by atoms with Gasteiger partial charge >= 0.3 is 5.97 Å². The predicted octanol–water partition coefficient (Wildman–Crippen LogP) is -0.0123. The molecule has 0 fully saturated rings. The van der Waals surface area contributed by atoms with Gasteiger partial charge in [0.15, 0.2) is 0 Å². The lowest BCUT2D eigenvalue weighted by molar-refractivity contribution is -0.132. The highest BCUT2D eigenvalue weighted by Gasteiger charge is 2.16. The fourth-order valence-electron chi connectivity index (χ4n) is 0.477. The molecule has 0 saturated carbocycles. The van der Waals surface area contributed by atoms with Crippen LogP contribution in [0.1, 0.15) is 13.8 Å². The number of carboxylic acids is 1. The second kappa shape index (κ2) is 4.23. The van der Waals surface area contributed by atoms with Crippen LogP contribution in [0, 0.1) is 0 Å². The predicted molar refractivity (Wildman–Crippen MR) is 45.9 cm³/mol. The van der Waals surface area contributed by atoms with E-state index in [1.165, 1.54) is 0 Å². The zero-order chi connectivity index (χ0) is 9.78. The van der Waals surface area contributed by atoms with Gasteiger partial charge in [0.1, 0.15) is 0 Å². The molecule has 0 amide bonds.